The summed E-state index contributed by atoms with van der Waals surface area (Å²) in [6.07, 6.45) is -3.24. The zero-order chi connectivity index (χ0) is 19.6. The Morgan fingerprint density at radius 3 is 2.64 bits per heavy atom. The number of nitrogens with zero attached hydrogens (tertiary/aromatic N) is 4. The summed E-state index contributed by atoms with van der Waals surface area (Å²) in [4.78, 5) is 6.81. The molecule has 3 aromatic rings. The first-order valence-electron chi connectivity index (χ1n) is 9.21. The van der Waals surface area contributed by atoms with Gasteiger partial charge in [0.25, 0.3) is 0 Å². The summed E-state index contributed by atoms with van der Waals surface area (Å²) >= 11 is 0. The van der Waals surface area contributed by atoms with Gasteiger partial charge in [-0.05, 0) is 55.9 Å². The summed E-state index contributed by atoms with van der Waals surface area (Å²) in [6.45, 7) is 4.76. The third-order valence-corrected chi connectivity index (χ3v) is 4.72. The van der Waals surface area contributed by atoms with E-state index in [0.717, 1.165) is 57.0 Å². The van der Waals surface area contributed by atoms with Crippen molar-refractivity contribution in [3.63, 3.8) is 0 Å². The molecule has 0 bridgehead atoms. The number of anilines is 2. The highest BCUT2D eigenvalue weighted by Crippen LogP contribution is 2.30. The van der Waals surface area contributed by atoms with Crippen LogP contribution in [0.2, 0.25) is 0 Å². The fourth-order valence-corrected chi connectivity index (χ4v) is 3.29. The molecular formula is C19H21F3N6. The molecule has 1 aliphatic rings. The molecule has 1 saturated heterocycles. The summed E-state index contributed by atoms with van der Waals surface area (Å²) in [7, 11) is 0. The number of nitrogens with one attached hydrogen (secondary N) is 2. The van der Waals surface area contributed by atoms with Crippen LogP contribution in [0.5, 0.6) is 0 Å². The molecule has 0 spiro atoms. The Morgan fingerprint density at radius 2 is 1.86 bits per heavy atom. The molecule has 1 aliphatic heterocycles. The number of hydrogen-bond donors (Lipinski definition) is 2. The van der Waals surface area contributed by atoms with Gasteiger partial charge in [0, 0.05) is 25.3 Å². The molecule has 0 amide bonds. The first-order valence-corrected chi connectivity index (χ1v) is 9.21. The Hall–Kier alpha value is -2.65. The van der Waals surface area contributed by atoms with Crippen molar-refractivity contribution in [2.45, 2.75) is 19.1 Å². The van der Waals surface area contributed by atoms with E-state index in [9.17, 15) is 13.2 Å². The zero-order valence-electron chi connectivity index (χ0n) is 15.2. The molecule has 4 rings (SSSR count). The molecule has 6 nitrogen and oxygen atoms in total. The van der Waals surface area contributed by atoms with Gasteiger partial charge in [-0.1, -0.05) is 6.07 Å². The number of hydrogen-bond acceptors (Lipinski definition) is 5. The first kappa shape index (κ1) is 18.7. The molecule has 9 heteroatoms. The van der Waals surface area contributed by atoms with Gasteiger partial charge in [-0.3, -0.25) is 4.90 Å². The lowest BCUT2D eigenvalue weighted by molar-refractivity contribution is -0.137. The van der Waals surface area contributed by atoms with Gasteiger partial charge in [0.1, 0.15) is 0 Å². The molecule has 0 saturated carbocycles. The summed E-state index contributed by atoms with van der Waals surface area (Å²) in [5.41, 5.74) is 1.53. The molecule has 0 atom stereocenters. The van der Waals surface area contributed by atoms with Crippen LogP contribution in [-0.2, 0) is 12.7 Å². The Morgan fingerprint density at radius 1 is 1.04 bits per heavy atom. The highest BCUT2D eigenvalue weighted by molar-refractivity contribution is 5.56. The second kappa shape index (κ2) is 7.76. The van der Waals surface area contributed by atoms with Crippen LogP contribution in [0.3, 0.4) is 0 Å². The van der Waals surface area contributed by atoms with Crippen LogP contribution in [-0.4, -0.2) is 45.7 Å². The van der Waals surface area contributed by atoms with Gasteiger partial charge in [-0.25, -0.2) is 4.52 Å². The van der Waals surface area contributed by atoms with E-state index in [1.165, 1.54) is 12.1 Å². The summed E-state index contributed by atoms with van der Waals surface area (Å²) in [6, 6.07) is 10.6. The number of alkyl halides is 3. The number of aromatic nitrogens is 3. The van der Waals surface area contributed by atoms with Gasteiger partial charge >= 0.3 is 6.18 Å². The lowest BCUT2D eigenvalue weighted by atomic mass is 10.2. The van der Waals surface area contributed by atoms with Crippen LogP contribution in [0.15, 0.2) is 42.5 Å². The second-order valence-electron chi connectivity index (χ2n) is 6.80. The standard InChI is InChI=1S/C19H21F3N6/c20-19(21,22)14-5-7-15(8-6-14)24-18-25-17-4-1-3-16(28(17)26-18)13-27-11-2-9-23-10-12-27/h1,3-8,23H,2,9-13H2,(H,24,26). The van der Waals surface area contributed by atoms with E-state index in [0.29, 0.717) is 17.3 Å². The van der Waals surface area contributed by atoms with E-state index in [-0.39, 0.29) is 0 Å². The van der Waals surface area contributed by atoms with Gasteiger partial charge in [-0.2, -0.15) is 18.2 Å². The maximum atomic E-state index is 12.7. The van der Waals surface area contributed by atoms with Crippen LogP contribution >= 0.6 is 0 Å². The van der Waals surface area contributed by atoms with Gasteiger partial charge in [0.15, 0.2) is 5.65 Å². The lowest BCUT2D eigenvalue weighted by Gasteiger charge is -2.19. The van der Waals surface area contributed by atoms with Crippen molar-refractivity contribution >= 4 is 17.3 Å². The minimum absolute atomic E-state index is 0.352. The molecule has 3 heterocycles. The van der Waals surface area contributed by atoms with Gasteiger partial charge in [0.2, 0.25) is 5.95 Å². The second-order valence-corrected chi connectivity index (χ2v) is 6.80. The number of rotatable bonds is 4. The number of benzene rings is 1. The fraction of sp³-hybridized carbons (Fsp3) is 0.368. The molecule has 1 fully saturated rings. The van der Waals surface area contributed by atoms with Crippen molar-refractivity contribution in [1.82, 2.24) is 24.8 Å². The van der Waals surface area contributed by atoms with Crippen molar-refractivity contribution < 1.29 is 13.2 Å². The normalized spacial score (nSPS) is 16.2. The summed E-state index contributed by atoms with van der Waals surface area (Å²) < 4.78 is 39.9. The predicted octanol–water partition coefficient (Wildman–Crippen LogP) is 3.29. The molecule has 0 aliphatic carbocycles. The minimum Gasteiger partial charge on any atom is -0.323 e. The fourth-order valence-electron chi connectivity index (χ4n) is 3.29. The van der Waals surface area contributed by atoms with Crippen LogP contribution < -0.4 is 10.6 Å². The quantitative estimate of drug-likeness (QED) is 0.716. The Labute approximate surface area is 160 Å². The number of fused-ring (bicyclic) bond motifs is 1. The molecule has 2 N–H and O–H groups in total. The minimum atomic E-state index is -4.35. The van der Waals surface area contributed by atoms with Gasteiger partial charge < -0.3 is 10.6 Å². The molecule has 148 valence electrons. The van der Waals surface area contributed by atoms with Crippen LogP contribution in [0.1, 0.15) is 17.7 Å². The topological polar surface area (TPSA) is 57.5 Å². The first-order chi connectivity index (χ1) is 13.5. The lowest BCUT2D eigenvalue weighted by Crippen LogP contribution is -2.28. The molecular weight excluding hydrogens is 369 g/mol. The van der Waals surface area contributed by atoms with E-state index in [4.69, 9.17) is 0 Å². The van der Waals surface area contributed by atoms with Crippen LogP contribution in [0.25, 0.3) is 5.65 Å². The van der Waals surface area contributed by atoms with Crippen molar-refractivity contribution in [3.8, 4) is 0 Å². The molecule has 28 heavy (non-hydrogen) atoms. The highest BCUT2D eigenvalue weighted by Gasteiger charge is 2.30. The average Bonchev–Trinajstić information content (AvgIpc) is 2.89. The Kier molecular flexibility index (Phi) is 5.19. The van der Waals surface area contributed by atoms with E-state index in [2.05, 4.69) is 25.6 Å². The maximum absolute atomic E-state index is 12.7. The van der Waals surface area contributed by atoms with E-state index in [1.54, 1.807) is 4.52 Å². The molecule has 2 aromatic heterocycles. The molecule has 0 radical (unpaired) electrons. The van der Waals surface area contributed by atoms with Gasteiger partial charge in [0.05, 0.1) is 11.3 Å². The highest BCUT2D eigenvalue weighted by atomic mass is 19.4. The summed E-state index contributed by atoms with van der Waals surface area (Å²) in [5, 5.41) is 10.9. The zero-order valence-corrected chi connectivity index (χ0v) is 15.2. The van der Waals surface area contributed by atoms with E-state index >= 15 is 0 Å². The van der Waals surface area contributed by atoms with Gasteiger partial charge in [-0.15, -0.1) is 5.10 Å². The number of pyridine rings is 1. The summed E-state index contributed by atoms with van der Waals surface area (Å²) in [5.74, 6) is 0.352. The third kappa shape index (κ3) is 4.26. The van der Waals surface area contributed by atoms with Crippen molar-refractivity contribution in [2.24, 2.45) is 0 Å². The largest absolute Gasteiger partial charge is 0.416 e. The van der Waals surface area contributed by atoms with Crippen molar-refractivity contribution in [1.29, 1.82) is 0 Å². The monoisotopic (exact) mass is 390 g/mol. The third-order valence-electron chi connectivity index (χ3n) is 4.72. The Bertz CT molecular complexity index is 927. The van der Waals surface area contributed by atoms with Crippen LogP contribution in [0.4, 0.5) is 24.8 Å². The van der Waals surface area contributed by atoms with E-state index < -0.39 is 11.7 Å². The SMILES string of the molecule is FC(F)(F)c1ccc(Nc2nc3cccc(CN4CCCNCC4)n3n2)cc1. The Balaban J connectivity index is 1.53. The van der Waals surface area contributed by atoms with E-state index in [1.807, 2.05) is 18.2 Å². The smallest absolute Gasteiger partial charge is 0.323 e. The van der Waals surface area contributed by atoms with Crippen molar-refractivity contribution in [2.75, 3.05) is 31.5 Å². The maximum Gasteiger partial charge on any atom is 0.416 e. The molecule has 0 unspecified atom stereocenters. The predicted molar refractivity (Wildman–Crippen MR) is 100 cm³/mol. The average molecular weight is 390 g/mol. The van der Waals surface area contributed by atoms with Crippen LogP contribution in [0, 0.1) is 0 Å². The number of halogens is 3. The van der Waals surface area contributed by atoms with Crippen molar-refractivity contribution in [3.05, 3.63) is 53.7 Å². The molecule has 1 aromatic carbocycles.